The van der Waals surface area contributed by atoms with E-state index in [0.717, 1.165) is 11.0 Å². The van der Waals surface area contributed by atoms with Crippen molar-refractivity contribution in [2.45, 2.75) is 58.7 Å². The van der Waals surface area contributed by atoms with Crippen molar-refractivity contribution >= 4 is 24.2 Å². The van der Waals surface area contributed by atoms with Gasteiger partial charge in [-0.3, -0.25) is 0 Å². The number of methoxy groups -OCH3 is 1. The number of halogens is 1. The molecule has 6 heteroatoms. The van der Waals surface area contributed by atoms with Gasteiger partial charge in [0.25, 0.3) is 0 Å². The van der Waals surface area contributed by atoms with E-state index < -0.39 is 18.3 Å². The Morgan fingerprint density at radius 3 is 2.17 bits per heavy atom. The lowest BCUT2D eigenvalue weighted by Gasteiger charge is -2.32. The number of benzene rings is 1. The summed E-state index contributed by atoms with van der Waals surface area (Å²) in [5.74, 6) is 0.888. The summed E-state index contributed by atoms with van der Waals surface area (Å²) in [5.41, 5.74) is 1.14. The Morgan fingerprint density at radius 1 is 1.13 bits per heavy atom. The maximum absolute atomic E-state index is 6.50. The minimum absolute atomic E-state index is 0.167. The van der Waals surface area contributed by atoms with Gasteiger partial charge in [-0.1, -0.05) is 25.4 Å². The van der Waals surface area contributed by atoms with Gasteiger partial charge in [0.15, 0.2) is 6.79 Å². The van der Waals surface area contributed by atoms with Crippen LogP contribution in [0.3, 0.4) is 0 Å². The van der Waals surface area contributed by atoms with Crippen molar-refractivity contribution in [1.82, 2.24) is 0 Å². The largest absolute Gasteiger partial charge is 0.495 e. The van der Waals surface area contributed by atoms with E-state index in [-0.39, 0.29) is 12.7 Å². The lowest BCUT2D eigenvalue weighted by molar-refractivity contribution is 0.00578. The lowest BCUT2D eigenvalue weighted by Crippen LogP contribution is -2.41. The Bertz CT molecular complexity index is 556. The normalized spacial score (nSPS) is 19.4. The molecule has 0 radical (unpaired) electrons. The third kappa shape index (κ3) is 3.68. The van der Waals surface area contributed by atoms with Crippen molar-refractivity contribution in [2.24, 2.45) is 0 Å². The third-order valence-electron chi connectivity index (χ3n) is 4.56. The molecule has 1 saturated heterocycles. The second-order valence-corrected chi connectivity index (χ2v) is 7.61. The topological polar surface area (TPSA) is 36.9 Å². The first-order valence-corrected chi connectivity index (χ1v) is 8.27. The van der Waals surface area contributed by atoms with Gasteiger partial charge in [0.05, 0.1) is 11.2 Å². The summed E-state index contributed by atoms with van der Waals surface area (Å²) < 4.78 is 22.9. The highest BCUT2D eigenvalue weighted by molar-refractivity contribution is 6.63. The molecule has 0 N–H and O–H groups in total. The van der Waals surface area contributed by atoms with Crippen LogP contribution in [0.25, 0.3) is 0 Å². The van der Waals surface area contributed by atoms with Crippen LogP contribution in [0, 0.1) is 0 Å². The fraction of sp³-hybridized carbons (Fsp3) is 0.647. The van der Waals surface area contributed by atoms with Gasteiger partial charge < -0.3 is 18.8 Å². The zero-order valence-electron chi connectivity index (χ0n) is 15.0. The van der Waals surface area contributed by atoms with E-state index in [4.69, 9.17) is 30.4 Å². The summed E-state index contributed by atoms with van der Waals surface area (Å²) in [6.07, 6.45) is 0. The summed E-state index contributed by atoms with van der Waals surface area (Å²) in [6, 6.07) is 3.74. The van der Waals surface area contributed by atoms with Crippen molar-refractivity contribution in [1.29, 1.82) is 0 Å². The molecule has 0 atom stereocenters. The van der Waals surface area contributed by atoms with Crippen molar-refractivity contribution in [3.8, 4) is 5.75 Å². The zero-order valence-corrected chi connectivity index (χ0v) is 15.8. The predicted octanol–water partition coefficient (Wildman–Crippen LogP) is 3.75. The average molecular weight is 341 g/mol. The van der Waals surface area contributed by atoms with Crippen LogP contribution in [0.4, 0.5) is 0 Å². The first kappa shape index (κ1) is 18.6. The number of rotatable bonds is 5. The van der Waals surface area contributed by atoms with E-state index >= 15 is 0 Å². The zero-order chi connectivity index (χ0) is 17.4. The smallest absolute Gasteiger partial charge is 0.468 e. The average Bonchev–Trinajstić information content (AvgIpc) is 2.64. The van der Waals surface area contributed by atoms with E-state index in [1.54, 1.807) is 7.11 Å². The summed E-state index contributed by atoms with van der Waals surface area (Å²) in [7, 11) is 1.11. The molecule has 1 aromatic rings. The van der Waals surface area contributed by atoms with Gasteiger partial charge in [0.2, 0.25) is 0 Å². The Labute approximate surface area is 144 Å². The summed E-state index contributed by atoms with van der Waals surface area (Å²) in [6.45, 7) is 12.5. The quantitative estimate of drug-likeness (QED) is 0.604. The lowest BCUT2D eigenvalue weighted by atomic mass is 9.73. The molecular formula is C17H26BClO4. The molecule has 0 amide bonds. The monoisotopic (exact) mass is 340 g/mol. The van der Waals surface area contributed by atoms with Gasteiger partial charge in [-0.05, 0) is 56.8 Å². The Balaban J connectivity index is 2.45. The fourth-order valence-corrected chi connectivity index (χ4v) is 3.03. The van der Waals surface area contributed by atoms with E-state index in [0.29, 0.717) is 10.8 Å². The molecule has 1 fully saturated rings. The highest BCUT2D eigenvalue weighted by Crippen LogP contribution is 2.38. The van der Waals surface area contributed by atoms with Gasteiger partial charge in [-0.15, -0.1) is 0 Å². The van der Waals surface area contributed by atoms with Crippen LogP contribution in [0.2, 0.25) is 5.02 Å². The van der Waals surface area contributed by atoms with Crippen LogP contribution >= 0.6 is 11.6 Å². The maximum Gasteiger partial charge on any atom is 0.495 e. The third-order valence-corrected chi connectivity index (χ3v) is 4.88. The molecule has 0 spiro atoms. The second-order valence-electron chi connectivity index (χ2n) is 7.20. The molecule has 0 aromatic heterocycles. The Morgan fingerprint density at radius 2 is 1.70 bits per heavy atom. The molecule has 0 saturated carbocycles. The molecule has 23 heavy (non-hydrogen) atoms. The number of ether oxygens (including phenoxy) is 2. The predicted molar refractivity (Wildman–Crippen MR) is 93.8 cm³/mol. The summed E-state index contributed by atoms with van der Waals surface area (Å²) in [5, 5.41) is 0.651. The SMILES string of the molecule is COCOc1cc(Cl)c(C(C)C)c(B2OC(C)(C)C(C)(C)O2)c1. The number of hydrogen-bond donors (Lipinski definition) is 0. The maximum atomic E-state index is 6.50. The minimum Gasteiger partial charge on any atom is -0.468 e. The highest BCUT2D eigenvalue weighted by Gasteiger charge is 2.52. The van der Waals surface area contributed by atoms with Crippen LogP contribution < -0.4 is 10.2 Å². The van der Waals surface area contributed by atoms with E-state index in [2.05, 4.69) is 13.8 Å². The van der Waals surface area contributed by atoms with Crippen molar-refractivity contribution in [3.63, 3.8) is 0 Å². The van der Waals surface area contributed by atoms with E-state index in [1.165, 1.54) is 0 Å². The highest BCUT2D eigenvalue weighted by atomic mass is 35.5. The molecule has 0 unspecified atom stereocenters. The van der Waals surface area contributed by atoms with Crippen LogP contribution in [0.5, 0.6) is 5.75 Å². The van der Waals surface area contributed by atoms with Crippen molar-refractivity contribution in [3.05, 3.63) is 22.7 Å². The first-order valence-electron chi connectivity index (χ1n) is 7.90. The summed E-state index contributed by atoms with van der Waals surface area (Å²) in [4.78, 5) is 0. The van der Waals surface area contributed by atoms with Crippen molar-refractivity contribution < 1.29 is 18.8 Å². The molecule has 2 rings (SSSR count). The molecule has 1 aliphatic rings. The molecule has 0 bridgehead atoms. The van der Waals surface area contributed by atoms with E-state index in [1.807, 2.05) is 39.8 Å². The van der Waals surface area contributed by atoms with Crippen LogP contribution in [0.15, 0.2) is 12.1 Å². The van der Waals surface area contributed by atoms with Gasteiger partial charge >= 0.3 is 7.12 Å². The van der Waals surface area contributed by atoms with Crippen LogP contribution in [-0.2, 0) is 14.0 Å². The fourth-order valence-electron chi connectivity index (χ4n) is 2.60. The van der Waals surface area contributed by atoms with Gasteiger partial charge in [0, 0.05) is 12.1 Å². The number of hydrogen-bond acceptors (Lipinski definition) is 4. The molecule has 1 aromatic carbocycles. The molecule has 1 aliphatic heterocycles. The standard InChI is InChI=1S/C17H26BClO4/c1-11(2)15-13(8-12(9-14(15)19)21-10-20-7)18-22-16(3,4)17(5,6)23-18/h8-9,11H,10H2,1-7H3. The van der Waals surface area contributed by atoms with Crippen LogP contribution in [0.1, 0.15) is 53.0 Å². The van der Waals surface area contributed by atoms with Gasteiger partial charge in [-0.2, -0.15) is 0 Å². The van der Waals surface area contributed by atoms with Crippen molar-refractivity contribution in [2.75, 3.05) is 13.9 Å². The second kappa shape index (κ2) is 6.63. The minimum atomic E-state index is -0.471. The summed E-state index contributed by atoms with van der Waals surface area (Å²) >= 11 is 6.50. The first-order chi connectivity index (χ1) is 10.6. The molecular weight excluding hydrogens is 314 g/mol. The molecule has 0 aliphatic carbocycles. The van der Waals surface area contributed by atoms with Gasteiger partial charge in [0.1, 0.15) is 5.75 Å². The molecule has 1 heterocycles. The molecule has 4 nitrogen and oxygen atoms in total. The Kier molecular flexibility index (Phi) is 5.36. The Hall–Kier alpha value is -0.745. The molecule has 128 valence electrons. The van der Waals surface area contributed by atoms with Gasteiger partial charge in [-0.25, -0.2) is 0 Å². The van der Waals surface area contributed by atoms with Crippen LogP contribution in [-0.4, -0.2) is 32.2 Å². The van der Waals surface area contributed by atoms with E-state index in [9.17, 15) is 0 Å².